The Labute approximate surface area is 125 Å². The van der Waals surface area contributed by atoms with E-state index in [-0.39, 0.29) is 17.4 Å². The fraction of sp³-hybridized carbons (Fsp3) is 0.529. The molecule has 1 N–H and O–H groups in total. The Morgan fingerprint density at radius 2 is 2.05 bits per heavy atom. The van der Waals surface area contributed by atoms with Crippen LogP contribution in [0.15, 0.2) is 35.4 Å². The maximum absolute atomic E-state index is 12.4. The van der Waals surface area contributed by atoms with Gasteiger partial charge in [0.1, 0.15) is 5.78 Å². The van der Waals surface area contributed by atoms with Crippen LogP contribution in [0.5, 0.6) is 0 Å². The number of hydrazone groups is 1. The number of ether oxygens (including phenoxy) is 1. The summed E-state index contributed by atoms with van der Waals surface area (Å²) in [5.74, 6) is 0.206. The van der Waals surface area contributed by atoms with Gasteiger partial charge in [-0.05, 0) is 17.4 Å². The van der Waals surface area contributed by atoms with Gasteiger partial charge in [0, 0.05) is 6.42 Å². The maximum atomic E-state index is 12.4. The summed E-state index contributed by atoms with van der Waals surface area (Å²) in [5.41, 5.74) is 5.19. The van der Waals surface area contributed by atoms with E-state index in [1.54, 1.807) is 0 Å². The molecule has 2 atom stereocenters. The summed E-state index contributed by atoms with van der Waals surface area (Å²) in [7, 11) is 0. The highest BCUT2D eigenvalue weighted by Crippen LogP contribution is 2.38. The molecule has 1 saturated carbocycles. The number of rotatable bonds is 4. The molecule has 1 heterocycles. The number of Topliss-reactive ketones (excluding diaryl/α,β-unsaturated/α-hetero) is 1. The summed E-state index contributed by atoms with van der Waals surface area (Å²) in [6, 6.07) is 10.2. The zero-order chi connectivity index (χ0) is 14.9. The lowest BCUT2D eigenvalue weighted by atomic mass is 9.69. The summed E-state index contributed by atoms with van der Waals surface area (Å²) in [6.07, 6.45) is 1.61. The molecule has 0 aromatic heterocycles. The third kappa shape index (κ3) is 3.16. The van der Waals surface area contributed by atoms with Crippen molar-refractivity contribution in [3.63, 3.8) is 0 Å². The van der Waals surface area contributed by atoms with Crippen LogP contribution < -0.4 is 5.43 Å². The summed E-state index contributed by atoms with van der Waals surface area (Å²) in [5, 5.41) is 4.35. The largest absolute Gasteiger partial charge is 0.371 e. The van der Waals surface area contributed by atoms with Crippen molar-refractivity contribution in [1.82, 2.24) is 5.43 Å². The molecule has 0 radical (unpaired) electrons. The van der Waals surface area contributed by atoms with Crippen LogP contribution in [0.3, 0.4) is 0 Å². The average molecular weight is 286 g/mol. The Balaban J connectivity index is 1.57. The summed E-state index contributed by atoms with van der Waals surface area (Å²) in [4.78, 5) is 12.4. The van der Waals surface area contributed by atoms with Gasteiger partial charge in [-0.1, -0.05) is 44.2 Å². The fourth-order valence-electron chi connectivity index (χ4n) is 3.33. The predicted octanol–water partition coefficient (Wildman–Crippen LogP) is 2.54. The highest BCUT2D eigenvalue weighted by Gasteiger charge is 2.45. The molecule has 0 unspecified atom stereocenters. The van der Waals surface area contributed by atoms with Crippen LogP contribution in [0.25, 0.3) is 0 Å². The quantitative estimate of drug-likeness (QED) is 0.925. The average Bonchev–Trinajstić information content (AvgIpc) is 2.81. The van der Waals surface area contributed by atoms with Crippen LogP contribution in [-0.2, 0) is 16.1 Å². The van der Waals surface area contributed by atoms with Crippen LogP contribution in [-0.4, -0.2) is 24.1 Å². The van der Waals surface area contributed by atoms with Gasteiger partial charge in [-0.15, -0.1) is 0 Å². The van der Waals surface area contributed by atoms with Gasteiger partial charge in [0.25, 0.3) is 0 Å². The second kappa shape index (κ2) is 5.60. The Kier molecular flexibility index (Phi) is 3.81. The highest BCUT2D eigenvalue weighted by atomic mass is 16.5. The number of carbonyl (C=O) groups excluding carboxylic acids is 1. The molecule has 1 aromatic rings. The van der Waals surface area contributed by atoms with Crippen molar-refractivity contribution >= 4 is 11.5 Å². The van der Waals surface area contributed by atoms with Gasteiger partial charge in [0.05, 0.1) is 30.9 Å². The van der Waals surface area contributed by atoms with Crippen molar-refractivity contribution in [2.24, 2.45) is 16.4 Å². The van der Waals surface area contributed by atoms with Gasteiger partial charge in [-0.2, -0.15) is 5.10 Å². The first-order chi connectivity index (χ1) is 10.1. The molecule has 21 heavy (non-hydrogen) atoms. The summed E-state index contributed by atoms with van der Waals surface area (Å²) < 4.78 is 5.73. The first kappa shape index (κ1) is 14.3. The molecule has 3 rings (SSSR count). The highest BCUT2D eigenvalue weighted by molar-refractivity contribution is 6.08. The van der Waals surface area contributed by atoms with Gasteiger partial charge in [0.15, 0.2) is 0 Å². The van der Waals surface area contributed by atoms with Crippen LogP contribution in [0.2, 0.25) is 0 Å². The molecule has 0 spiro atoms. The van der Waals surface area contributed by atoms with Gasteiger partial charge in [0.2, 0.25) is 0 Å². The van der Waals surface area contributed by atoms with Crippen molar-refractivity contribution in [2.45, 2.75) is 39.3 Å². The van der Waals surface area contributed by atoms with Gasteiger partial charge in [-0.25, -0.2) is 0 Å². The topological polar surface area (TPSA) is 50.7 Å². The monoisotopic (exact) mass is 286 g/mol. The molecule has 4 heteroatoms. The first-order valence-electron chi connectivity index (χ1n) is 7.51. The molecular weight excluding hydrogens is 264 g/mol. The number of benzene rings is 1. The first-order valence-corrected chi connectivity index (χ1v) is 7.51. The molecule has 4 nitrogen and oxygen atoms in total. The second-order valence-corrected chi connectivity index (χ2v) is 6.81. The van der Waals surface area contributed by atoms with E-state index in [2.05, 4.69) is 24.4 Å². The molecule has 1 aliphatic heterocycles. The number of carbonyl (C=O) groups is 1. The zero-order valence-electron chi connectivity index (χ0n) is 12.6. The number of hydrogen-bond donors (Lipinski definition) is 1. The molecule has 1 aromatic carbocycles. The van der Waals surface area contributed by atoms with E-state index in [4.69, 9.17) is 4.74 Å². The van der Waals surface area contributed by atoms with Crippen molar-refractivity contribution in [2.75, 3.05) is 6.61 Å². The minimum Gasteiger partial charge on any atom is -0.371 e. The van der Waals surface area contributed by atoms with Crippen molar-refractivity contribution in [1.29, 1.82) is 0 Å². The molecule has 1 aliphatic carbocycles. The lowest BCUT2D eigenvalue weighted by Gasteiger charge is -2.36. The Morgan fingerprint density at radius 1 is 1.29 bits per heavy atom. The standard InChI is InChI=1S/C17H22N2O2/c1-17(2)8-13-16(15(20)9-17)14(19-18-13)11-21-10-12-6-4-3-5-7-12/h3-7,13,16,18H,8-11H2,1-2H3/t13-,16+/m1/s1. The van der Waals surface area contributed by atoms with Crippen LogP contribution in [0.4, 0.5) is 0 Å². The minimum atomic E-state index is -0.0891. The van der Waals surface area contributed by atoms with Crippen molar-refractivity contribution < 1.29 is 9.53 Å². The third-order valence-electron chi connectivity index (χ3n) is 4.27. The molecular formula is C17H22N2O2. The number of hydrogen-bond acceptors (Lipinski definition) is 4. The van der Waals surface area contributed by atoms with Crippen molar-refractivity contribution in [3.05, 3.63) is 35.9 Å². The van der Waals surface area contributed by atoms with Crippen LogP contribution in [0, 0.1) is 11.3 Å². The van der Waals surface area contributed by atoms with E-state index in [9.17, 15) is 4.79 Å². The third-order valence-corrected chi connectivity index (χ3v) is 4.27. The van der Waals surface area contributed by atoms with Crippen molar-refractivity contribution in [3.8, 4) is 0 Å². The molecule has 112 valence electrons. The Morgan fingerprint density at radius 3 is 2.81 bits per heavy atom. The van der Waals surface area contributed by atoms with E-state index in [0.29, 0.717) is 25.4 Å². The zero-order valence-corrected chi connectivity index (χ0v) is 12.6. The second-order valence-electron chi connectivity index (χ2n) is 6.81. The maximum Gasteiger partial charge on any atom is 0.144 e. The summed E-state index contributed by atoms with van der Waals surface area (Å²) in [6.45, 7) is 5.27. The van der Waals surface area contributed by atoms with Crippen LogP contribution >= 0.6 is 0 Å². The number of nitrogens with zero attached hydrogens (tertiary/aromatic N) is 1. The van der Waals surface area contributed by atoms with Gasteiger partial charge in [-0.3, -0.25) is 4.79 Å². The lowest BCUT2D eigenvalue weighted by molar-refractivity contribution is -0.126. The summed E-state index contributed by atoms with van der Waals surface area (Å²) >= 11 is 0. The fourth-order valence-corrected chi connectivity index (χ4v) is 3.33. The van der Waals surface area contributed by atoms with E-state index in [1.807, 2.05) is 30.3 Å². The Hall–Kier alpha value is -1.68. The van der Waals surface area contributed by atoms with E-state index in [1.165, 1.54) is 0 Å². The molecule has 1 fully saturated rings. The predicted molar refractivity (Wildman–Crippen MR) is 82.0 cm³/mol. The number of nitrogens with one attached hydrogen (secondary N) is 1. The molecule has 0 bridgehead atoms. The molecule has 0 amide bonds. The van der Waals surface area contributed by atoms with E-state index >= 15 is 0 Å². The SMILES string of the molecule is CC1(C)CC(=O)[C@@H]2C(COCc3ccccc3)=NN[C@@H]2C1. The van der Waals surface area contributed by atoms with Gasteiger partial charge < -0.3 is 10.2 Å². The Bertz CT molecular complexity index is 551. The smallest absolute Gasteiger partial charge is 0.144 e. The number of ketones is 1. The lowest BCUT2D eigenvalue weighted by Crippen LogP contribution is -2.46. The molecule has 2 aliphatic rings. The van der Waals surface area contributed by atoms with Gasteiger partial charge >= 0.3 is 0 Å². The van der Waals surface area contributed by atoms with Crippen LogP contribution in [0.1, 0.15) is 32.3 Å². The normalized spacial score (nSPS) is 27.0. The molecule has 0 saturated heterocycles. The van der Waals surface area contributed by atoms with E-state index < -0.39 is 0 Å². The van der Waals surface area contributed by atoms with E-state index in [0.717, 1.165) is 17.7 Å². The minimum absolute atomic E-state index is 0.0706. The number of fused-ring (bicyclic) bond motifs is 1.